The molecule has 0 amide bonds. The molecule has 0 aromatic rings. The lowest BCUT2D eigenvalue weighted by molar-refractivity contribution is -0.259. The van der Waals surface area contributed by atoms with Crippen molar-refractivity contribution >= 4 is 5.97 Å². The Kier molecular flexibility index (Phi) is 3.05. The zero-order valence-corrected chi connectivity index (χ0v) is 7.21. The van der Waals surface area contributed by atoms with Crippen molar-refractivity contribution in [3.05, 3.63) is 0 Å². The zero-order valence-electron chi connectivity index (χ0n) is 7.21. The molecule has 70 valence electrons. The van der Waals surface area contributed by atoms with Gasteiger partial charge >= 0.3 is 5.97 Å². The number of carboxylic acid groups (broad SMARTS) is 1. The molecule has 0 spiro atoms. The Morgan fingerprint density at radius 1 is 1.50 bits per heavy atom. The third kappa shape index (κ3) is 2.79. The summed E-state index contributed by atoms with van der Waals surface area (Å²) in [6.07, 6.45) is 1.40. The Balaban J connectivity index is 2.31. The predicted molar refractivity (Wildman–Crippen MR) is 41.8 cm³/mol. The van der Waals surface area contributed by atoms with E-state index < -0.39 is 11.8 Å². The monoisotopic (exact) mass is 174 g/mol. The largest absolute Gasteiger partial charge is 0.481 e. The molecule has 0 aliphatic carbocycles. The molecule has 0 atom stereocenters. The summed E-state index contributed by atoms with van der Waals surface area (Å²) in [6.45, 7) is 3.11. The molecule has 1 aliphatic heterocycles. The third-order valence-electron chi connectivity index (χ3n) is 1.90. The van der Waals surface area contributed by atoms with Gasteiger partial charge in [-0.1, -0.05) is 0 Å². The van der Waals surface area contributed by atoms with E-state index in [1.54, 1.807) is 6.92 Å². The third-order valence-corrected chi connectivity index (χ3v) is 1.90. The number of rotatable bonds is 3. The maximum absolute atomic E-state index is 10.3. The van der Waals surface area contributed by atoms with Crippen molar-refractivity contribution in [2.45, 2.75) is 32.0 Å². The summed E-state index contributed by atoms with van der Waals surface area (Å²) < 4.78 is 10.7. The molecular formula is C8H14O4. The molecule has 0 bridgehead atoms. The molecule has 1 N–H and O–H groups in total. The summed E-state index contributed by atoms with van der Waals surface area (Å²) in [5.41, 5.74) is 0. The number of carbonyl (C=O) groups is 1. The van der Waals surface area contributed by atoms with Crippen LogP contribution >= 0.6 is 0 Å². The summed E-state index contributed by atoms with van der Waals surface area (Å²) in [6, 6.07) is 0. The SMILES string of the molecule is CC1(CCC(=O)O)OCCCO1. The average Bonchev–Trinajstić information content (AvgIpc) is 2.03. The van der Waals surface area contributed by atoms with Gasteiger partial charge in [0.25, 0.3) is 0 Å². The van der Waals surface area contributed by atoms with Crippen molar-refractivity contribution in [3.8, 4) is 0 Å². The van der Waals surface area contributed by atoms with E-state index >= 15 is 0 Å². The van der Waals surface area contributed by atoms with E-state index in [0.29, 0.717) is 19.6 Å². The Bertz CT molecular complexity index is 160. The van der Waals surface area contributed by atoms with Crippen LogP contribution in [0.4, 0.5) is 0 Å². The second-order valence-corrected chi connectivity index (χ2v) is 3.08. The van der Waals surface area contributed by atoms with Crippen molar-refractivity contribution in [1.29, 1.82) is 0 Å². The van der Waals surface area contributed by atoms with Crippen LogP contribution in [0.2, 0.25) is 0 Å². The highest BCUT2D eigenvalue weighted by atomic mass is 16.7. The van der Waals surface area contributed by atoms with E-state index in [4.69, 9.17) is 14.6 Å². The van der Waals surface area contributed by atoms with Crippen molar-refractivity contribution < 1.29 is 19.4 Å². The first-order valence-electron chi connectivity index (χ1n) is 4.12. The van der Waals surface area contributed by atoms with E-state index in [1.807, 2.05) is 0 Å². The van der Waals surface area contributed by atoms with Crippen LogP contribution in [-0.2, 0) is 14.3 Å². The number of hydrogen-bond acceptors (Lipinski definition) is 3. The highest BCUT2D eigenvalue weighted by Crippen LogP contribution is 2.23. The van der Waals surface area contributed by atoms with Crippen LogP contribution in [0.3, 0.4) is 0 Å². The van der Waals surface area contributed by atoms with Crippen LogP contribution in [0.5, 0.6) is 0 Å². The van der Waals surface area contributed by atoms with E-state index in [1.165, 1.54) is 0 Å². The van der Waals surface area contributed by atoms with Crippen molar-refractivity contribution in [1.82, 2.24) is 0 Å². The number of carboxylic acids is 1. The van der Waals surface area contributed by atoms with Gasteiger partial charge in [0.05, 0.1) is 19.6 Å². The number of aliphatic carboxylic acids is 1. The predicted octanol–water partition coefficient (Wildman–Crippen LogP) is 1.00. The Hall–Kier alpha value is -0.610. The maximum atomic E-state index is 10.3. The van der Waals surface area contributed by atoms with E-state index in [2.05, 4.69) is 0 Å². The molecular weight excluding hydrogens is 160 g/mol. The summed E-state index contributed by atoms with van der Waals surface area (Å²) in [7, 11) is 0. The van der Waals surface area contributed by atoms with Gasteiger partial charge in [0.1, 0.15) is 0 Å². The molecule has 0 aromatic heterocycles. The van der Waals surface area contributed by atoms with E-state index in [9.17, 15) is 4.79 Å². The minimum Gasteiger partial charge on any atom is -0.481 e. The molecule has 1 rings (SSSR count). The van der Waals surface area contributed by atoms with Crippen LogP contribution in [0.15, 0.2) is 0 Å². The van der Waals surface area contributed by atoms with Crippen molar-refractivity contribution in [3.63, 3.8) is 0 Å². The molecule has 1 fully saturated rings. The molecule has 4 heteroatoms. The summed E-state index contributed by atoms with van der Waals surface area (Å²) in [5.74, 6) is -1.48. The fraction of sp³-hybridized carbons (Fsp3) is 0.875. The quantitative estimate of drug-likeness (QED) is 0.693. The minimum atomic E-state index is -0.811. The normalized spacial score (nSPS) is 22.1. The van der Waals surface area contributed by atoms with E-state index in [0.717, 1.165) is 6.42 Å². The molecule has 4 nitrogen and oxygen atoms in total. The first kappa shape index (κ1) is 9.48. The minimum absolute atomic E-state index is 0.0938. The smallest absolute Gasteiger partial charge is 0.303 e. The highest BCUT2D eigenvalue weighted by molar-refractivity contribution is 5.66. The highest BCUT2D eigenvalue weighted by Gasteiger charge is 2.29. The number of ether oxygens (including phenoxy) is 2. The average molecular weight is 174 g/mol. The Labute approximate surface area is 71.5 Å². The van der Waals surface area contributed by atoms with Gasteiger partial charge in [0.15, 0.2) is 5.79 Å². The van der Waals surface area contributed by atoms with Gasteiger partial charge in [-0.05, 0) is 13.3 Å². The van der Waals surface area contributed by atoms with Crippen LogP contribution in [0.1, 0.15) is 26.2 Å². The van der Waals surface area contributed by atoms with Crippen molar-refractivity contribution in [2.75, 3.05) is 13.2 Å². The maximum Gasteiger partial charge on any atom is 0.303 e. The lowest BCUT2D eigenvalue weighted by atomic mass is 10.1. The molecule has 0 unspecified atom stereocenters. The summed E-state index contributed by atoms with van der Waals surface area (Å²) >= 11 is 0. The molecule has 0 saturated carbocycles. The van der Waals surface area contributed by atoms with Crippen LogP contribution in [-0.4, -0.2) is 30.1 Å². The fourth-order valence-electron chi connectivity index (χ4n) is 1.16. The molecule has 0 aromatic carbocycles. The summed E-state index contributed by atoms with van der Waals surface area (Å²) in [5, 5.41) is 8.45. The van der Waals surface area contributed by atoms with Gasteiger partial charge in [-0.2, -0.15) is 0 Å². The molecule has 1 aliphatic rings. The molecule has 0 radical (unpaired) electrons. The molecule has 1 saturated heterocycles. The Morgan fingerprint density at radius 2 is 2.08 bits per heavy atom. The fourth-order valence-corrected chi connectivity index (χ4v) is 1.16. The first-order chi connectivity index (χ1) is 5.62. The number of hydrogen-bond donors (Lipinski definition) is 1. The topological polar surface area (TPSA) is 55.8 Å². The van der Waals surface area contributed by atoms with Gasteiger partial charge in [-0.15, -0.1) is 0 Å². The standard InChI is InChI=1S/C8H14O4/c1-8(4-3-7(9)10)11-5-2-6-12-8/h2-6H2,1H3,(H,9,10). The van der Waals surface area contributed by atoms with Crippen LogP contribution < -0.4 is 0 Å². The molecule has 1 heterocycles. The van der Waals surface area contributed by atoms with E-state index in [-0.39, 0.29) is 6.42 Å². The van der Waals surface area contributed by atoms with Gasteiger partial charge in [-0.25, -0.2) is 0 Å². The zero-order chi connectivity index (χ0) is 9.03. The molecule has 12 heavy (non-hydrogen) atoms. The first-order valence-corrected chi connectivity index (χ1v) is 4.12. The Morgan fingerprint density at radius 3 is 2.58 bits per heavy atom. The summed E-state index contributed by atoms with van der Waals surface area (Å²) in [4.78, 5) is 10.3. The lowest BCUT2D eigenvalue weighted by Gasteiger charge is -2.33. The van der Waals surface area contributed by atoms with Crippen molar-refractivity contribution in [2.24, 2.45) is 0 Å². The van der Waals surface area contributed by atoms with Crippen LogP contribution in [0, 0.1) is 0 Å². The van der Waals surface area contributed by atoms with Crippen LogP contribution in [0.25, 0.3) is 0 Å². The second-order valence-electron chi connectivity index (χ2n) is 3.08. The van der Waals surface area contributed by atoms with Gasteiger partial charge in [0.2, 0.25) is 0 Å². The van der Waals surface area contributed by atoms with Gasteiger partial charge in [0, 0.05) is 6.42 Å². The van der Waals surface area contributed by atoms with Gasteiger partial charge < -0.3 is 14.6 Å². The second kappa shape index (κ2) is 3.87. The lowest BCUT2D eigenvalue weighted by Crippen LogP contribution is -2.37. The van der Waals surface area contributed by atoms with Gasteiger partial charge in [-0.3, -0.25) is 4.79 Å².